The Morgan fingerprint density at radius 3 is 2.93 bits per heavy atom. The van der Waals surface area contributed by atoms with Gasteiger partial charge in [0.2, 0.25) is 0 Å². The molecule has 14 heavy (non-hydrogen) atoms. The van der Waals surface area contributed by atoms with Gasteiger partial charge in [-0.05, 0) is 32.4 Å². The van der Waals surface area contributed by atoms with E-state index in [2.05, 4.69) is 0 Å². The lowest BCUT2D eigenvalue weighted by Gasteiger charge is -2.16. The van der Waals surface area contributed by atoms with Crippen molar-refractivity contribution in [3.05, 3.63) is 24.2 Å². The van der Waals surface area contributed by atoms with E-state index in [1.165, 1.54) is 0 Å². The number of rotatable bonds is 2. The van der Waals surface area contributed by atoms with Gasteiger partial charge in [0.05, 0.1) is 17.8 Å². The maximum Gasteiger partial charge on any atom is 0.149 e. The number of ether oxygens (including phenoxy) is 1. The molecule has 1 saturated heterocycles. The molecule has 0 bridgehead atoms. The summed E-state index contributed by atoms with van der Waals surface area (Å²) in [6.07, 6.45) is 2.95. The Balaban J connectivity index is 2.23. The second-order valence-electron chi connectivity index (χ2n) is 4.30. The largest absolute Gasteiger partial charge is 0.469 e. The molecule has 76 valence electrons. The van der Waals surface area contributed by atoms with Crippen LogP contribution in [0.3, 0.4) is 0 Å². The Labute approximate surface area is 83.0 Å². The van der Waals surface area contributed by atoms with Gasteiger partial charge in [-0.1, -0.05) is 0 Å². The van der Waals surface area contributed by atoms with Gasteiger partial charge in [0.25, 0.3) is 0 Å². The van der Waals surface area contributed by atoms with Crippen LogP contribution in [0.1, 0.15) is 31.9 Å². The van der Waals surface area contributed by atoms with Gasteiger partial charge in [0.1, 0.15) is 18.2 Å². The first kappa shape index (κ1) is 9.46. The summed E-state index contributed by atoms with van der Waals surface area (Å²) in [6.45, 7) is 3.98. The molecule has 2 rings (SSSR count). The number of carbonyl (C=O) groups is 1. The highest BCUT2D eigenvalue weighted by molar-refractivity contribution is 5.59. The van der Waals surface area contributed by atoms with Gasteiger partial charge in [-0.2, -0.15) is 0 Å². The van der Waals surface area contributed by atoms with E-state index < -0.39 is 0 Å². The molecule has 1 aliphatic rings. The Kier molecular flexibility index (Phi) is 2.19. The minimum Gasteiger partial charge on any atom is -0.469 e. The average molecular weight is 194 g/mol. The van der Waals surface area contributed by atoms with Crippen LogP contribution in [0.15, 0.2) is 22.8 Å². The Morgan fingerprint density at radius 1 is 1.57 bits per heavy atom. The van der Waals surface area contributed by atoms with E-state index >= 15 is 0 Å². The molecule has 0 aromatic carbocycles. The maximum atomic E-state index is 10.8. The molecule has 0 aliphatic carbocycles. The van der Waals surface area contributed by atoms with Crippen molar-refractivity contribution >= 4 is 6.29 Å². The fourth-order valence-corrected chi connectivity index (χ4v) is 2.03. The zero-order valence-corrected chi connectivity index (χ0v) is 8.40. The second kappa shape index (κ2) is 3.24. The first-order chi connectivity index (χ1) is 6.62. The summed E-state index contributed by atoms with van der Waals surface area (Å²) in [4.78, 5) is 10.8. The van der Waals surface area contributed by atoms with Crippen LogP contribution in [0.2, 0.25) is 0 Å². The Morgan fingerprint density at radius 2 is 2.36 bits per heavy atom. The molecule has 3 nitrogen and oxygen atoms in total. The van der Waals surface area contributed by atoms with Crippen molar-refractivity contribution in [3.63, 3.8) is 0 Å². The molecule has 3 heteroatoms. The summed E-state index contributed by atoms with van der Waals surface area (Å²) in [6, 6.07) is 3.73. The average Bonchev–Trinajstić information content (AvgIpc) is 2.70. The number of hydrogen-bond acceptors (Lipinski definition) is 3. The lowest BCUT2D eigenvalue weighted by atomic mass is 9.92. The topological polar surface area (TPSA) is 39.4 Å². The fraction of sp³-hybridized carbons (Fsp3) is 0.545. The lowest BCUT2D eigenvalue weighted by Crippen LogP contribution is -2.20. The van der Waals surface area contributed by atoms with Crippen LogP contribution in [-0.4, -0.2) is 18.0 Å². The Bertz CT molecular complexity index is 313. The fourth-order valence-electron chi connectivity index (χ4n) is 2.03. The predicted octanol–water partition coefficient (Wildman–Crippen LogP) is 2.13. The number of aldehydes is 1. The van der Waals surface area contributed by atoms with Gasteiger partial charge < -0.3 is 13.9 Å². The first-order valence-corrected chi connectivity index (χ1v) is 4.79. The summed E-state index contributed by atoms with van der Waals surface area (Å²) in [5.41, 5.74) is -0.233. The highest BCUT2D eigenvalue weighted by Crippen LogP contribution is 2.40. The van der Waals surface area contributed by atoms with E-state index in [0.29, 0.717) is 0 Å². The molecule has 1 aromatic heterocycles. The Hall–Kier alpha value is -1.09. The predicted molar refractivity (Wildman–Crippen MR) is 51.1 cm³/mol. The van der Waals surface area contributed by atoms with Crippen LogP contribution in [0, 0.1) is 0 Å². The second-order valence-corrected chi connectivity index (χ2v) is 4.30. The molecular formula is C11H14O3. The van der Waals surface area contributed by atoms with Crippen molar-refractivity contribution in [1.29, 1.82) is 0 Å². The van der Waals surface area contributed by atoms with E-state index in [9.17, 15) is 4.79 Å². The molecular weight excluding hydrogens is 180 g/mol. The molecule has 2 atom stereocenters. The van der Waals surface area contributed by atoms with Crippen molar-refractivity contribution in [2.75, 3.05) is 0 Å². The van der Waals surface area contributed by atoms with E-state index in [1.807, 2.05) is 26.0 Å². The van der Waals surface area contributed by atoms with Crippen LogP contribution < -0.4 is 0 Å². The summed E-state index contributed by atoms with van der Waals surface area (Å²) in [5, 5.41) is 0. The van der Waals surface area contributed by atoms with Crippen molar-refractivity contribution in [3.8, 4) is 0 Å². The standard InChI is InChI=1S/C11H14O3/c1-11(2)6-8(10(7-12)14-11)9-4-3-5-13-9/h3-5,7-8,10H,6H2,1-2H3/t8-,10?/m0/s1. The smallest absolute Gasteiger partial charge is 0.149 e. The molecule has 0 N–H and O–H groups in total. The number of carbonyl (C=O) groups excluding carboxylic acids is 1. The van der Waals surface area contributed by atoms with E-state index in [1.54, 1.807) is 6.26 Å². The third-order valence-corrected chi connectivity index (χ3v) is 2.61. The minimum absolute atomic E-state index is 0.0671. The van der Waals surface area contributed by atoms with Gasteiger partial charge >= 0.3 is 0 Å². The lowest BCUT2D eigenvalue weighted by molar-refractivity contribution is -0.121. The monoisotopic (exact) mass is 194 g/mol. The zero-order valence-electron chi connectivity index (χ0n) is 8.40. The molecule has 0 radical (unpaired) electrons. The molecule has 2 heterocycles. The number of hydrogen-bond donors (Lipinski definition) is 0. The van der Waals surface area contributed by atoms with Crippen LogP contribution in [0.4, 0.5) is 0 Å². The summed E-state index contributed by atoms with van der Waals surface area (Å²) in [7, 11) is 0. The van der Waals surface area contributed by atoms with Gasteiger partial charge in [-0.15, -0.1) is 0 Å². The zero-order chi connectivity index (χ0) is 10.2. The summed E-state index contributed by atoms with van der Waals surface area (Å²) < 4.78 is 10.9. The van der Waals surface area contributed by atoms with Gasteiger partial charge in [-0.3, -0.25) is 0 Å². The molecule has 1 aromatic rings. The third kappa shape index (κ3) is 1.60. The van der Waals surface area contributed by atoms with Crippen LogP contribution >= 0.6 is 0 Å². The van der Waals surface area contributed by atoms with E-state index in [-0.39, 0.29) is 17.6 Å². The molecule has 1 unspecified atom stereocenters. The van der Waals surface area contributed by atoms with Gasteiger partial charge in [-0.25, -0.2) is 0 Å². The third-order valence-electron chi connectivity index (χ3n) is 2.61. The van der Waals surface area contributed by atoms with Crippen molar-refractivity contribution < 1.29 is 13.9 Å². The van der Waals surface area contributed by atoms with Crippen molar-refractivity contribution in [1.82, 2.24) is 0 Å². The molecule has 0 spiro atoms. The highest BCUT2D eigenvalue weighted by atomic mass is 16.5. The van der Waals surface area contributed by atoms with Gasteiger partial charge in [0.15, 0.2) is 0 Å². The summed E-state index contributed by atoms with van der Waals surface area (Å²) >= 11 is 0. The normalized spacial score (nSPS) is 30.4. The molecule has 1 fully saturated rings. The van der Waals surface area contributed by atoms with E-state index in [4.69, 9.17) is 9.15 Å². The van der Waals surface area contributed by atoms with E-state index in [0.717, 1.165) is 18.5 Å². The van der Waals surface area contributed by atoms with Crippen molar-refractivity contribution in [2.45, 2.75) is 37.9 Å². The SMILES string of the molecule is CC1(C)C[C@@H](c2ccco2)C(C=O)O1. The molecule has 1 aliphatic heterocycles. The summed E-state index contributed by atoms with van der Waals surface area (Å²) in [5.74, 6) is 0.908. The maximum absolute atomic E-state index is 10.8. The number of furan rings is 1. The van der Waals surface area contributed by atoms with Crippen LogP contribution in [0.25, 0.3) is 0 Å². The molecule has 0 saturated carbocycles. The first-order valence-electron chi connectivity index (χ1n) is 4.79. The van der Waals surface area contributed by atoms with Crippen LogP contribution in [-0.2, 0) is 9.53 Å². The van der Waals surface area contributed by atoms with Gasteiger partial charge in [0, 0.05) is 0 Å². The van der Waals surface area contributed by atoms with Crippen LogP contribution in [0.5, 0.6) is 0 Å². The van der Waals surface area contributed by atoms with Crippen molar-refractivity contribution in [2.24, 2.45) is 0 Å². The minimum atomic E-state index is -0.365. The highest BCUT2D eigenvalue weighted by Gasteiger charge is 2.42. The quantitative estimate of drug-likeness (QED) is 0.677. The molecule has 0 amide bonds.